The summed E-state index contributed by atoms with van der Waals surface area (Å²) in [7, 11) is -3.63. The molecule has 0 radical (unpaired) electrons. The molecule has 1 aliphatic carbocycles. The van der Waals surface area contributed by atoms with Crippen LogP contribution in [0.2, 0.25) is 0 Å². The summed E-state index contributed by atoms with van der Waals surface area (Å²) >= 11 is 0. The van der Waals surface area contributed by atoms with Gasteiger partial charge in [0.15, 0.2) is 5.03 Å². The first-order valence-corrected chi connectivity index (χ1v) is 7.59. The lowest BCUT2D eigenvalue weighted by Gasteiger charge is -2.12. The fourth-order valence-electron chi connectivity index (χ4n) is 1.86. The zero-order chi connectivity index (χ0) is 13.4. The fourth-order valence-corrected chi connectivity index (χ4v) is 3.32. The van der Waals surface area contributed by atoms with Gasteiger partial charge in [0.05, 0.1) is 12.1 Å². The number of hydrogen-bond donors (Lipinski definition) is 2. The predicted octanol–water partition coefficient (Wildman–Crippen LogP) is 0.405. The lowest BCUT2D eigenvalue weighted by molar-refractivity contribution is 0.246. The Morgan fingerprint density at radius 1 is 1.56 bits per heavy atom. The molecule has 1 heterocycles. The molecule has 0 amide bonds. The highest BCUT2D eigenvalue weighted by molar-refractivity contribution is 7.89. The molecule has 1 saturated carbocycles. The van der Waals surface area contributed by atoms with Gasteiger partial charge < -0.3 is 9.67 Å². The second-order valence-electron chi connectivity index (χ2n) is 4.86. The average Bonchev–Trinajstić information content (AvgIpc) is 2.97. The molecule has 1 aromatic heterocycles. The summed E-state index contributed by atoms with van der Waals surface area (Å²) in [6, 6.07) is 0. The van der Waals surface area contributed by atoms with Crippen LogP contribution in [0.4, 0.5) is 0 Å². The van der Waals surface area contributed by atoms with Crippen LogP contribution < -0.4 is 4.72 Å². The molecule has 102 valence electrons. The van der Waals surface area contributed by atoms with Gasteiger partial charge in [-0.2, -0.15) is 0 Å². The minimum Gasteiger partial charge on any atom is -0.394 e. The molecular formula is C11H19N3O3S. The third kappa shape index (κ3) is 2.57. The first-order chi connectivity index (χ1) is 8.42. The Kier molecular flexibility index (Phi) is 3.48. The van der Waals surface area contributed by atoms with Crippen molar-refractivity contribution in [3.8, 4) is 0 Å². The number of aliphatic hydroxyl groups excluding tert-OH is 1. The third-order valence-electron chi connectivity index (χ3n) is 3.20. The molecule has 0 unspecified atom stereocenters. The summed E-state index contributed by atoms with van der Waals surface area (Å²) < 4.78 is 28.6. The zero-order valence-electron chi connectivity index (χ0n) is 10.7. The van der Waals surface area contributed by atoms with E-state index in [1.165, 1.54) is 0 Å². The Morgan fingerprint density at radius 3 is 2.72 bits per heavy atom. The van der Waals surface area contributed by atoms with E-state index in [0.29, 0.717) is 18.7 Å². The van der Waals surface area contributed by atoms with Gasteiger partial charge in [-0.1, -0.05) is 6.92 Å². The van der Waals surface area contributed by atoms with Gasteiger partial charge in [0, 0.05) is 12.7 Å². The quantitative estimate of drug-likeness (QED) is 0.786. The summed E-state index contributed by atoms with van der Waals surface area (Å²) in [6.07, 6.45) is 3.83. The van der Waals surface area contributed by atoms with Crippen molar-refractivity contribution in [2.75, 3.05) is 6.61 Å². The number of hydrogen-bond acceptors (Lipinski definition) is 4. The molecule has 0 atom stereocenters. The molecular weight excluding hydrogens is 254 g/mol. The van der Waals surface area contributed by atoms with Crippen LogP contribution in [0.25, 0.3) is 0 Å². The molecule has 1 fully saturated rings. The Labute approximate surface area is 107 Å². The summed E-state index contributed by atoms with van der Waals surface area (Å²) in [6.45, 7) is 4.39. The van der Waals surface area contributed by atoms with Crippen molar-refractivity contribution in [3.05, 3.63) is 12.0 Å². The van der Waals surface area contributed by atoms with E-state index < -0.39 is 15.6 Å². The highest BCUT2D eigenvalue weighted by Crippen LogP contribution is 2.36. The number of aryl methyl sites for hydroxylation is 2. The van der Waals surface area contributed by atoms with Crippen molar-refractivity contribution >= 4 is 10.0 Å². The Morgan fingerprint density at radius 2 is 2.22 bits per heavy atom. The predicted molar refractivity (Wildman–Crippen MR) is 66.6 cm³/mol. The van der Waals surface area contributed by atoms with Crippen molar-refractivity contribution in [1.29, 1.82) is 0 Å². The zero-order valence-corrected chi connectivity index (χ0v) is 11.5. The van der Waals surface area contributed by atoms with E-state index in [-0.39, 0.29) is 11.6 Å². The summed E-state index contributed by atoms with van der Waals surface area (Å²) in [5, 5.41) is 9.19. The molecule has 2 N–H and O–H groups in total. The van der Waals surface area contributed by atoms with Gasteiger partial charge >= 0.3 is 0 Å². The van der Waals surface area contributed by atoms with Gasteiger partial charge in [0.2, 0.25) is 0 Å². The monoisotopic (exact) mass is 273 g/mol. The summed E-state index contributed by atoms with van der Waals surface area (Å²) in [5.41, 5.74) is -0.652. The van der Waals surface area contributed by atoms with E-state index in [0.717, 1.165) is 13.0 Å². The molecule has 0 bridgehead atoms. The molecule has 0 aromatic carbocycles. The Balaban J connectivity index is 2.22. The summed E-state index contributed by atoms with van der Waals surface area (Å²) in [5.74, 6) is 0.686. The number of aromatic nitrogens is 2. The normalized spacial score (nSPS) is 17.9. The van der Waals surface area contributed by atoms with Gasteiger partial charge in [0.25, 0.3) is 10.0 Å². The lowest BCUT2D eigenvalue weighted by atomic mass is 10.3. The van der Waals surface area contributed by atoms with Crippen LogP contribution >= 0.6 is 0 Å². The van der Waals surface area contributed by atoms with Gasteiger partial charge in [-0.25, -0.2) is 18.1 Å². The minimum absolute atomic E-state index is 0.0353. The maximum absolute atomic E-state index is 12.1. The first-order valence-electron chi connectivity index (χ1n) is 6.11. The number of sulfonamides is 1. The van der Waals surface area contributed by atoms with E-state index in [1.807, 2.05) is 11.5 Å². The topological polar surface area (TPSA) is 84.2 Å². The molecule has 0 spiro atoms. The number of aliphatic hydroxyl groups is 1. The molecule has 7 heteroatoms. The van der Waals surface area contributed by atoms with Crippen LogP contribution in [0.5, 0.6) is 0 Å². The minimum atomic E-state index is -3.63. The first kappa shape index (κ1) is 13.5. The molecule has 1 aromatic rings. The van der Waals surface area contributed by atoms with Gasteiger partial charge in [-0.05, 0) is 26.2 Å². The number of rotatable bonds is 6. The molecule has 18 heavy (non-hydrogen) atoms. The van der Waals surface area contributed by atoms with Crippen LogP contribution in [0, 0.1) is 6.92 Å². The van der Waals surface area contributed by atoms with E-state index >= 15 is 0 Å². The van der Waals surface area contributed by atoms with Crippen molar-refractivity contribution in [2.45, 2.75) is 50.2 Å². The van der Waals surface area contributed by atoms with E-state index in [9.17, 15) is 8.42 Å². The standard InChI is InChI=1S/C11H19N3O3S/c1-3-6-14-7-10(12-9(14)2)18(16,17)13-11(8-15)4-5-11/h7,13,15H,3-6,8H2,1-2H3. The maximum atomic E-state index is 12.1. The molecule has 2 rings (SSSR count). The largest absolute Gasteiger partial charge is 0.394 e. The van der Waals surface area contributed by atoms with E-state index in [2.05, 4.69) is 9.71 Å². The van der Waals surface area contributed by atoms with Crippen molar-refractivity contribution < 1.29 is 13.5 Å². The third-order valence-corrected chi connectivity index (χ3v) is 4.65. The molecule has 0 aliphatic heterocycles. The highest BCUT2D eigenvalue weighted by Gasteiger charge is 2.46. The smallest absolute Gasteiger partial charge is 0.260 e. The van der Waals surface area contributed by atoms with Gasteiger partial charge in [-0.15, -0.1) is 0 Å². The summed E-state index contributed by atoms with van der Waals surface area (Å²) in [4.78, 5) is 4.08. The van der Waals surface area contributed by atoms with E-state index in [1.54, 1.807) is 13.1 Å². The van der Waals surface area contributed by atoms with Gasteiger partial charge in [0.1, 0.15) is 5.82 Å². The van der Waals surface area contributed by atoms with Gasteiger partial charge in [-0.3, -0.25) is 0 Å². The molecule has 1 aliphatic rings. The Hall–Kier alpha value is -0.920. The highest BCUT2D eigenvalue weighted by atomic mass is 32.2. The van der Waals surface area contributed by atoms with Crippen LogP contribution in [0.3, 0.4) is 0 Å². The Bertz CT molecular complexity index is 532. The van der Waals surface area contributed by atoms with Crippen molar-refractivity contribution in [1.82, 2.24) is 14.3 Å². The van der Waals surface area contributed by atoms with Crippen molar-refractivity contribution in [3.63, 3.8) is 0 Å². The van der Waals surface area contributed by atoms with E-state index in [4.69, 9.17) is 5.11 Å². The van der Waals surface area contributed by atoms with Crippen LogP contribution in [0.1, 0.15) is 32.0 Å². The van der Waals surface area contributed by atoms with Crippen LogP contribution in [0.15, 0.2) is 11.2 Å². The number of nitrogens with one attached hydrogen (secondary N) is 1. The molecule has 6 nitrogen and oxygen atoms in total. The molecule has 0 saturated heterocycles. The SMILES string of the molecule is CCCn1cc(S(=O)(=O)NC2(CO)CC2)nc1C. The fraction of sp³-hybridized carbons (Fsp3) is 0.727. The average molecular weight is 273 g/mol. The maximum Gasteiger partial charge on any atom is 0.260 e. The van der Waals surface area contributed by atoms with Crippen LogP contribution in [-0.2, 0) is 16.6 Å². The second kappa shape index (κ2) is 4.64. The number of nitrogens with zero attached hydrogens (tertiary/aromatic N) is 2. The second-order valence-corrected chi connectivity index (χ2v) is 6.49. The number of imidazole rings is 1. The van der Waals surface area contributed by atoms with Crippen LogP contribution in [-0.4, -0.2) is 35.2 Å². The van der Waals surface area contributed by atoms with Crippen molar-refractivity contribution in [2.24, 2.45) is 0 Å². The lowest BCUT2D eigenvalue weighted by Crippen LogP contribution is -2.39.